The number of halogens is 1. The van der Waals surface area contributed by atoms with Crippen LogP contribution in [0.5, 0.6) is 0 Å². The fourth-order valence-corrected chi connectivity index (χ4v) is 4.73. The fraction of sp³-hybridized carbons (Fsp3) is 0.364. The minimum Gasteiger partial charge on any atom is -0.349 e. The Balaban J connectivity index is 1.37. The number of hydrogen-bond acceptors (Lipinski definition) is 3. The van der Waals surface area contributed by atoms with Crippen LogP contribution in [0.2, 0.25) is 5.02 Å². The van der Waals surface area contributed by atoms with E-state index in [0.29, 0.717) is 16.6 Å². The standard InChI is InChI=1S/C22H25ClN4OS/c1-26-20(28)19(14-16-6-3-2-4-7-16)25-22(26)10-12-27(13-11-22)21(29)24-18-9-5-8-17(23)15-18/h2-9,15,19,25H,10-14H2,1H3,(H,24,29). The number of rotatable bonds is 3. The number of anilines is 1. The number of piperidine rings is 1. The Morgan fingerprint density at radius 2 is 1.93 bits per heavy atom. The molecule has 2 aromatic rings. The van der Waals surface area contributed by atoms with E-state index in [1.807, 2.05) is 54.4 Å². The number of nitrogens with zero attached hydrogens (tertiary/aromatic N) is 2. The first-order valence-electron chi connectivity index (χ1n) is 9.88. The van der Waals surface area contributed by atoms with Gasteiger partial charge in [0.2, 0.25) is 5.91 Å². The molecule has 1 amide bonds. The zero-order valence-electron chi connectivity index (χ0n) is 16.4. The summed E-state index contributed by atoms with van der Waals surface area (Å²) in [4.78, 5) is 16.9. The maximum absolute atomic E-state index is 12.9. The molecule has 2 aliphatic heterocycles. The molecule has 1 atom stereocenters. The normalized spacial score (nSPS) is 20.9. The van der Waals surface area contributed by atoms with Crippen molar-refractivity contribution in [1.82, 2.24) is 15.1 Å². The molecule has 2 fully saturated rings. The molecule has 4 rings (SSSR count). The zero-order chi connectivity index (χ0) is 20.4. The van der Waals surface area contributed by atoms with E-state index >= 15 is 0 Å². The summed E-state index contributed by atoms with van der Waals surface area (Å²) in [5, 5.41) is 8.27. The Morgan fingerprint density at radius 3 is 2.62 bits per heavy atom. The second-order valence-corrected chi connectivity index (χ2v) is 8.57. The number of likely N-dealkylation sites (N-methyl/N-ethyl adjacent to an activating group) is 1. The molecule has 29 heavy (non-hydrogen) atoms. The van der Waals surface area contributed by atoms with Gasteiger partial charge in [-0.15, -0.1) is 0 Å². The smallest absolute Gasteiger partial charge is 0.241 e. The molecule has 1 spiro atoms. The summed E-state index contributed by atoms with van der Waals surface area (Å²) in [5.74, 6) is 0.168. The third-order valence-electron chi connectivity index (χ3n) is 5.95. The molecule has 0 radical (unpaired) electrons. The van der Waals surface area contributed by atoms with Gasteiger partial charge in [0.1, 0.15) is 0 Å². The second kappa shape index (κ2) is 8.30. The van der Waals surface area contributed by atoms with Crippen LogP contribution in [0.15, 0.2) is 54.6 Å². The number of likely N-dealkylation sites (tertiary alicyclic amines) is 1. The lowest BCUT2D eigenvalue weighted by molar-refractivity contribution is -0.131. The van der Waals surface area contributed by atoms with E-state index in [1.54, 1.807) is 0 Å². The van der Waals surface area contributed by atoms with Crippen molar-refractivity contribution in [3.8, 4) is 0 Å². The molecule has 0 aromatic heterocycles. The third kappa shape index (κ3) is 4.25. The lowest BCUT2D eigenvalue weighted by Crippen LogP contribution is -2.59. The molecule has 2 aliphatic rings. The summed E-state index contributed by atoms with van der Waals surface area (Å²) in [6, 6.07) is 17.5. The topological polar surface area (TPSA) is 47.6 Å². The van der Waals surface area contributed by atoms with Crippen molar-refractivity contribution >= 4 is 40.5 Å². The Morgan fingerprint density at radius 1 is 1.21 bits per heavy atom. The van der Waals surface area contributed by atoms with Crippen LogP contribution in [0.3, 0.4) is 0 Å². The first kappa shape index (κ1) is 20.1. The maximum atomic E-state index is 12.9. The fourth-order valence-electron chi connectivity index (χ4n) is 4.24. The Labute approximate surface area is 182 Å². The van der Waals surface area contributed by atoms with Crippen molar-refractivity contribution in [2.45, 2.75) is 31.0 Å². The van der Waals surface area contributed by atoms with Gasteiger partial charge in [-0.3, -0.25) is 10.1 Å². The molecule has 0 saturated carbocycles. The van der Waals surface area contributed by atoms with Gasteiger partial charge in [-0.2, -0.15) is 0 Å². The van der Waals surface area contributed by atoms with Gasteiger partial charge in [-0.25, -0.2) is 0 Å². The van der Waals surface area contributed by atoms with Gasteiger partial charge in [0.15, 0.2) is 5.11 Å². The van der Waals surface area contributed by atoms with E-state index in [9.17, 15) is 4.79 Å². The summed E-state index contributed by atoms with van der Waals surface area (Å²) in [5.41, 5.74) is 1.77. The van der Waals surface area contributed by atoms with Crippen LogP contribution < -0.4 is 10.6 Å². The van der Waals surface area contributed by atoms with Gasteiger partial charge < -0.3 is 15.1 Å². The highest BCUT2D eigenvalue weighted by molar-refractivity contribution is 7.80. The van der Waals surface area contributed by atoms with Crippen molar-refractivity contribution in [1.29, 1.82) is 0 Å². The summed E-state index contributed by atoms with van der Waals surface area (Å²) in [7, 11) is 1.92. The highest BCUT2D eigenvalue weighted by atomic mass is 35.5. The monoisotopic (exact) mass is 428 g/mol. The highest BCUT2D eigenvalue weighted by Crippen LogP contribution is 2.32. The van der Waals surface area contributed by atoms with E-state index in [-0.39, 0.29) is 17.6 Å². The van der Waals surface area contributed by atoms with Crippen LogP contribution in [-0.4, -0.2) is 52.7 Å². The summed E-state index contributed by atoms with van der Waals surface area (Å²) < 4.78 is 0. The lowest BCUT2D eigenvalue weighted by atomic mass is 9.96. The van der Waals surface area contributed by atoms with Crippen LogP contribution >= 0.6 is 23.8 Å². The predicted octanol–water partition coefficient (Wildman–Crippen LogP) is 3.50. The zero-order valence-corrected chi connectivity index (χ0v) is 18.0. The molecule has 5 nitrogen and oxygen atoms in total. The lowest BCUT2D eigenvalue weighted by Gasteiger charge is -2.44. The molecule has 2 aromatic carbocycles. The van der Waals surface area contributed by atoms with Crippen LogP contribution in [0.25, 0.3) is 0 Å². The number of carbonyl (C=O) groups is 1. The van der Waals surface area contributed by atoms with E-state index in [1.165, 1.54) is 5.56 Å². The van der Waals surface area contributed by atoms with Gasteiger partial charge in [0.25, 0.3) is 0 Å². The molecule has 1 unspecified atom stereocenters. The van der Waals surface area contributed by atoms with Crippen LogP contribution in [0, 0.1) is 0 Å². The number of nitrogens with one attached hydrogen (secondary N) is 2. The van der Waals surface area contributed by atoms with Crippen LogP contribution in [0.4, 0.5) is 5.69 Å². The second-order valence-electron chi connectivity index (χ2n) is 7.74. The number of thiocarbonyl (C=S) groups is 1. The van der Waals surface area contributed by atoms with Crippen molar-refractivity contribution in [3.63, 3.8) is 0 Å². The predicted molar refractivity (Wildman–Crippen MR) is 121 cm³/mol. The van der Waals surface area contributed by atoms with Crippen molar-refractivity contribution < 1.29 is 4.79 Å². The minimum atomic E-state index is -0.293. The molecule has 0 aliphatic carbocycles. The van der Waals surface area contributed by atoms with Gasteiger partial charge in [-0.1, -0.05) is 48.0 Å². The Kier molecular flexibility index (Phi) is 5.76. The molecule has 7 heteroatoms. The van der Waals surface area contributed by atoms with Crippen LogP contribution in [0.1, 0.15) is 18.4 Å². The Hall–Kier alpha value is -2.15. The van der Waals surface area contributed by atoms with Gasteiger partial charge >= 0.3 is 0 Å². The third-order valence-corrected chi connectivity index (χ3v) is 6.55. The molecule has 0 bridgehead atoms. The Bertz CT molecular complexity index is 899. The summed E-state index contributed by atoms with van der Waals surface area (Å²) in [6.45, 7) is 1.57. The van der Waals surface area contributed by atoms with E-state index in [2.05, 4.69) is 27.7 Å². The number of hydrogen-bond donors (Lipinski definition) is 2. The highest BCUT2D eigenvalue weighted by Gasteiger charge is 2.49. The number of benzene rings is 2. The largest absolute Gasteiger partial charge is 0.349 e. The average molecular weight is 429 g/mol. The first-order valence-corrected chi connectivity index (χ1v) is 10.7. The molecule has 2 heterocycles. The molecule has 152 valence electrons. The molecular formula is C22H25ClN4OS. The van der Waals surface area contributed by atoms with Crippen LogP contribution in [-0.2, 0) is 11.2 Å². The van der Waals surface area contributed by atoms with Crippen molar-refractivity contribution in [2.24, 2.45) is 0 Å². The number of carbonyl (C=O) groups excluding carboxylic acids is 1. The SMILES string of the molecule is CN1C(=O)C(Cc2ccccc2)NC12CCN(C(=S)Nc1cccc(Cl)c1)CC2. The quantitative estimate of drug-likeness (QED) is 0.733. The van der Waals surface area contributed by atoms with E-state index < -0.39 is 0 Å². The van der Waals surface area contributed by atoms with Gasteiger partial charge in [-0.05, 0) is 42.4 Å². The molecule has 2 saturated heterocycles. The summed E-state index contributed by atoms with van der Waals surface area (Å²) in [6.07, 6.45) is 2.38. The van der Waals surface area contributed by atoms with Crippen molar-refractivity contribution in [2.75, 3.05) is 25.5 Å². The van der Waals surface area contributed by atoms with Crippen molar-refractivity contribution in [3.05, 3.63) is 65.2 Å². The minimum absolute atomic E-state index is 0.168. The number of amides is 1. The van der Waals surface area contributed by atoms with Gasteiger partial charge in [0.05, 0.1) is 11.7 Å². The molecule has 2 N–H and O–H groups in total. The maximum Gasteiger partial charge on any atom is 0.241 e. The molecular weight excluding hydrogens is 404 g/mol. The average Bonchev–Trinajstić information content (AvgIpc) is 2.94. The van der Waals surface area contributed by atoms with E-state index in [0.717, 1.165) is 31.6 Å². The summed E-state index contributed by atoms with van der Waals surface area (Å²) >= 11 is 11.7. The van der Waals surface area contributed by atoms with E-state index in [4.69, 9.17) is 23.8 Å². The first-order chi connectivity index (χ1) is 14.0. The van der Waals surface area contributed by atoms with Gasteiger partial charge in [0, 0.05) is 43.7 Å².